The topological polar surface area (TPSA) is 91.8 Å². The summed E-state index contributed by atoms with van der Waals surface area (Å²) in [5, 5.41) is 3.93. The Kier molecular flexibility index (Phi) is 7.16. The molecule has 3 aromatic rings. The van der Waals surface area contributed by atoms with E-state index in [1.165, 1.54) is 12.1 Å². The third-order valence-corrected chi connectivity index (χ3v) is 8.63. The van der Waals surface area contributed by atoms with Crippen LogP contribution in [0.1, 0.15) is 17.3 Å². The van der Waals surface area contributed by atoms with Gasteiger partial charge in [-0.3, -0.25) is 9.69 Å². The van der Waals surface area contributed by atoms with E-state index in [9.17, 15) is 13.2 Å². The van der Waals surface area contributed by atoms with E-state index in [0.717, 1.165) is 53.8 Å². The van der Waals surface area contributed by atoms with Gasteiger partial charge in [-0.15, -0.1) is 0 Å². The highest BCUT2D eigenvalue weighted by Gasteiger charge is 2.21. The number of methoxy groups -OCH3 is 1. The third kappa shape index (κ3) is 5.29. The molecule has 1 aliphatic heterocycles. The third-order valence-electron chi connectivity index (χ3n) is 5.80. The molecule has 0 aliphatic carbocycles. The number of aromatic nitrogens is 1. The summed E-state index contributed by atoms with van der Waals surface area (Å²) in [6.45, 7) is 6.44. The number of carbonyl (C=O) groups is 1. The van der Waals surface area contributed by atoms with Crippen LogP contribution in [0.15, 0.2) is 47.4 Å². The Morgan fingerprint density at radius 1 is 1.12 bits per heavy atom. The minimum absolute atomic E-state index is 0.0406. The van der Waals surface area contributed by atoms with E-state index in [2.05, 4.69) is 21.2 Å². The maximum absolute atomic E-state index is 12.4. The number of anilines is 1. The molecule has 1 saturated heterocycles. The Morgan fingerprint density at radius 2 is 1.85 bits per heavy atom. The number of ether oxygens (including phenoxy) is 1. The maximum Gasteiger partial charge on any atom is 0.251 e. The number of hydrogen-bond donors (Lipinski definition) is 1. The van der Waals surface area contributed by atoms with E-state index in [-0.39, 0.29) is 16.6 Å². The SMILES string of the molecule is CCS(=O)(=O)c1ccc(C(=O)NCCN2CCN(c3nc4c(OC)cccc4s3)CC2)cc1. The number of thiazole rings is 1. The largest absolute Gasteiger partial charge is 0.494 e. The van der Waals surface area contributed by atoms with E-state index in [0.29, 0.717) is 12.1 Å². The molecule has 0 unspecified atom stereocenters. The smallest absolute Gasteiger partial charge is 0.251 e. The summed E-state index contributed by atoms with van der Waals surface area (Å²) >= 11 is 1.68. The molecule has 0 saturated carbocycles. The number of amides is 1. The Labute approximate surface area is 198 Å². The fourth-order valence-electron chi connectivity index (χ4n) is 3.78. The summed E-state index contributed by atoms with van der Waals surface area (Å²) < 4.78 is 30.3. The van der Waals surface area contributed by atoms with Crippen molar-refractivity contribution in [2.24, 2.45) is 0 Å². The van der Waals surface area contributed by atoms with Gasteiger partial charge in [0, 0.05) is 44.8 Å². The molecule has 33 heavy (non-hydrogen) atoms. The van der Waals surface area contributed by atoms with Crippen LogP contribution in [-0.2, 0) is 9.84 Å². The quantitative estimate of drug-likeness (QED) is 0.521. The predicted molar refractivity (Wildman–Crippen MR) is 131 cm³/mol. The van der Waals surface area contributed by atoms with Crippen molar-refractivity contribution in [2.45, 2.75) is 11.8 Å². The van der Waals surface area contributed by atoms with Gasteiger partial charge in [-0.1, -0.05) is 24.3 Å². The minimum atomic E-state index is -3.26. The molecule has 0 bridgehead atoms. The van der Waals surface area contributed by atoms with Crippen LogP contribution in [0, 0.1) is 0 Å². The van der Waals surface area contributed by atoms with Gasteiger partial charge in [-0.25, -0.2) is 13.4 Å². The van der Waals surface area contributed by atoms with Gasteiger partial charge in [0.2, 0.25) is 0 Å². The van der Waals surface area contributed by atoms with Crippen molar-refractivity contribution in [1.82, 2.24) is 15.2 Å². The Morgan fingerprint density at radius 3 is 2.52 bits per heavy atom. The first kappa shape index (κ1) is 23.5. The monoisotopic (exact) mass is 488 g/mol. The number of nitrogens with one attached hydrogen (secondary N) is 1. The van der Waals surface area contributed by atoms with Crippen molar-refractivity contribution in [3.05, 3.63) is 48.0 Å². The number of fused-ring (bicyclic) bond motifs is 1. The zero-order valence-corrected chi connectivity index (χ0v) is 20.4. The summed E-state index contributed by atoms with van der Waals surface area (Å²) in [7, 11) is -1.60. The van der Waals surface area contributed by atoms with Crippen molar-refractivity contribution >= 4 is 42.4 Å². The summed E-state index contributed by atoms with van der Waals surface area (Å²) in [4.78, 5) is 22.0. The summed E-state index contributed by atoms with van der Waals surface area (Å²) in [6.07, 6.45) is 0. The number of hydrogen-bond acceptors (Lipinski definition) is 8. The molecule has 1 fully saturated rings. The highest BCUT2D eigenvalue weighted by atomic mass is 32.2. The number of carbonyl (C=O) groups excluding carboxylic acids is 1. The van der Waals surface area contributed by atoms with Gasteiger partial charge in [-0.2, -0.15) is 0 Å². The molecule has 1 aromatic heterocycles. The standard InChI is InChI=1S/C23H28N4O4S2/c1-3-33(29,30)18-9-7-17(8-10-18)22(28)24-11-12-26-13-15-27(16-14-26)23-25-21-19(31-2)5-4-6-20(21)32-23/h4-10H,3,11-16H2,1-2H3,(H,24,28). The van der Waals surface area contributed by atoms with Crippen LogP contribution < -0.4 is 15.0 Å². The highest BCUT2D eigenvalue weighted by Crippen LogP contribution is 2.34. The zero-order chi connectivity index (χ0) is 23.4. The Balaban J connectivity index is 1.25. The second kappa shape index (κ2) is 10.1. The average Bonchev–Trinajstić information content (AvgIpc) is 3.29. The maximum atomic E-state index is 12.4. The van der Waals surface area contributed by atoms with E-state index < -0.39 is 9.84 Å². The number of para-hydroxylation sites is 1. The van der Waals surface area contributed by atoms with Gasteiger partial charge in [-0.05, 0) is 36.4 Å². The molecule has 176 valence electrons. The first-order valence-electron chi connectivity index (χ1n) is 10.9. The van der Waals surface area contributed by atoms with Crippen LogP contribution in [0.25, 0.3) is 10.2 Å². The molecule has 0 atom stereocenters. The van der Waals surface area contributed by atoms with Crippen molar-refractivity contribution in [3.8, 4) is 5.75 Å². The molecule has 2 heterocycles. The van der Waals surface area contributed by atoms with Gasteiger partial charge in [0.15, 0.2) is 15.0 Å². The normalized spacial score (nSPS) is 15.0. The van der Waals surface area contributed by atoms with Crippen molar-refractivity contribution < 1.29 is 17.9 Å². The number of benzene rings is 2. The van der Waals surface area contributed by atoms with Crippen LogP contribution in [0.2, 0.25) is 0 Å². The van der Waals surface area contributed by atoms with Crippen molar-refractivity contribution in [3.63, 3.8) is 0 Å². The molecular weight excluding hydrogens is 460 g/mol. The van der Waals surface area contributed by atoms with Crippen LogP contribution in [0.3, 0.4) is 0 Å². The molecule has 1 amide bonds. The molecule has 0 spiro atoms. The summed E-state index contributed by atoms with van der Waals surface area (Å²) in [5.74, 6) is 0.641. The first-order chi connectivity index (χ1) is 15.9. The average molecular weight is 489 g/mol. The first-order valence-corrected chi connectivity index (χ1v) is 13.4. The van der Waals surface area contributed by atoms with E-state index in [4.69, 9.17) is 9.72 Å². The van der Waals surface area contributed by atoms with E-state index >= 15 is 0 Å². The number of rotatable bonds is 8. The van der Waals surface area contributed by atoms with Crippen LogP contribution in [-0.4, -0.2) is 76.3 Å². The Bertz CT molecular complexity index is 1220. The molecular formula is C23H28N4O4S2. The second-order valence-corrected chi connectivity index (χ2v) is 11.1. The van der Waals surface area contributed by atoms with Gasteiger partial charge in [0.05, 0.1) is 22.5 Å². The predicted octanol–water partition coefficient (Wildman–Crippen LogP) is 2.65. The van der Waals surface area contributed by atoms with Gasteiger partial charge in [0.1, 0.15) is 11.3 Å². The lowest BCUT2D eigenvalue weighted by Crippen LogP contribution is -2.48. The second-order valence-electron chi connectivity index (χ2n) is 7.82. The van der Waals surface area contributed by atoms with Gasteiger partial charge < -0.3 is 15.0 Å². The molecule has 4 rings (SSSR count). The number of nitrogens with zero attached hydrogens (tertiary/aromatic N) is 3. The lowest BCUT2D eigenvalue weighted by Gasteiger charge is -2.34. The molecule has 0 radical (unpaired) electrons. The summed E-state index contributed by atoms with van der Waals surface area (Å²) in [5.41, 5.74) is 1.37. The van der Waals surface area contributed by atoms with E-state index in [1.807, 2.05) is 12.1 Å². The van der Waals surface area contributed by atoms with E-state index in [1.54, 1.807) is 37.5 Å². The van der Waals surface area contributed by atoms with Gasteiger partial charge >= 0.3 is 0 Å². The number of sulfone groups is 1. The van der Waals surface area contributed by atoms with Crippen LogP contribution in [0.5, 0.6) is 5.75 Å². The van der Waals surface area contributed by atoms with Crippen LogP contribution in [0.4, 0.5) is 5.13 Å². The van der Waals surface area contributed by atoms with Gasteiger partial charge in [0.25, 0.3) is 5.91 Å². The fraction of sp³-hybridized carbons (Fsp3) is 0.391. The minimum Gasteiger partial charge on any atom is -0.494 e. The highest BCUT2D eigenvalue weighted by molar-refractivity contribution is 7.91. The fourth-order valence-corrected chi connectivity index (χ4v) is 5.70. The Hall–Kier alpha value is -2.69. The lowest BCUT2D eigenvalue weighted by molar-refractivity contribution is 0.0947. The molecule has 1 N–H and O–H groups in total. The zero-order valence-electron chi connectivity index (χ0n) is 18.8. The molecule has 1 aliphatic rings. The summed E-state index contributed by atoms with van der Waals surface area (Å²) in [6, 6.07) is 12.1. The van der Waals surface area contributed by atoms with Crippen LogP contribution >= 0.6 is 11.3 Å². The molecule has 8 nitrogen and oxygen atoms in total. The number of piperazine rings is 1. The molecule has 2 aromatic carbocycles. The van der Waals surface area contributed by atoms with Crippen molar-refractivity contribution in [1.29, 1.82) is 0 Å². The lowest BCUT2D eigenvalue weighted by atomic mass is 10.2. The molecule has 10 heteroatoms. The van der Waals surface area contributed by atoms with Crippen molar-refractivity contribution in [2.75, 3.05) is 57.0 Å².